The van der Waals surface area contributed by atoms with Crippen LogP contribution in [-0.2, 0) is 9.53 Å². The van der Waals surface area contributed by atoms with Gasteiger partial charge in [-0.15, -0.1) is 0 Å². The minimum Gasteiger partial charge on any atom is -0.452 e. The van der Waals surface area contributed by atoms with E-state index in [9.17, 15) is 9.59 Å². The average molecular weight is 317 g/mol. The van der Waals surface area contributed by atoms with Crippen molar-refractivity contribution >= 4 is 17.7 Å². The van der Waals surface area contributed by atoms with Crippen molar-refractivity contribution in [1.29, 1.82) is 0 Å². The minimum absolute atomic E-state index is 0.120. The first-order chi connectivity index (χ1) is 11.1. The number of piperidine rings is 1. The van der Waals surface area contributed by atoms with E-state index < -0.39 is 5.97 Å². The number of pyridine rings is 1. The summed E-state index contributed by atoms with van der Waals surface area (Å²) < 4.78 is 5.12. The van der Waals surface area contributed by atoms with Crippen LogP contribution >= 0.6 is 0 Å². The van der Waals surface area contributed by atoms with Crippen LogP contribution in [-0.4, -0.2) is 47.5 Å². The second-order valence-corrected chi connectivity index (χ2v) is 6.51. The zero-order chi connectivity index (χ0) is 16.2. The fourth-order valence-electron chi connectivity index (χ4n) is 2.75. The molecule has 3 rings (SSSR count). The van der Waals surface area contributed by atoms with E-state index in [0.29, 0.717) is 17.5 Å². The number of nitrogens with zero attached hydrogens (tertiary/aromatic N) is 2. The second-order valence-electron chi connectivity index (χ2n) is 6.51. The van der Waals surface area contributed by atoms with Crippen molar-refractivity contribution in [2.45, 2.75) is 38.6 Å². The van der Waals surface area contributed by atoms with Crippen LogP contribution in [0, 0.1) is 5.92 Å². The molecule has 23 heavy (non-hydrogen) atoms. The molecule has 0 aromatic carbocycles. The molecule has 0 bridgehead atoms. The van der Waals surface area contributed by atoms with E-state index in [4.69, 9.17) is 4.74 Å². The highest BCUT2D eigenvalue weighted by molar-refractivity contribution is 5.91. The highest BCUT2D eigenvalue weighted by atomic mass is 16.5. The van der Waals surface area contributed by atoms with Gasteiger partial charge in [-0.05, 0) is 43.7 Å². The SMILES string of the molecule is CC1CCCN(C(=O)COC(=O)c2ccc(NC3CC3)nc2)C1. The summed E-state index contributed by atoms with van der Waals surface area (Å²) in [5, 5.41) is 3.26. The molecular weight excluding hydrogens is 294 g/mol. The highest BCUT2D eigenvalue weighted by Gasteiger charge is 2.23. The lowest BCUT2D eigenvalue weighted by Crippen LogP contribution is -2.41. The Morgan fingerprint density at radius 1 is 1.35 bits per heavy atom. The molecule has 1 N–H and O–H groups in total. The summed E-state index contributed by atoms with van der Waals surface area (Å²) in [5.41, 5.74) is 0.367. The standard InChI is InChI=1S/C17H23N3O3/c1-12-3-2-8-20(10-12)16(21)11-23-17(22)13-4-7-15(18-9-13)19-14-5-6-14/h4,7,9,12,14H,2-3,5-6,8,10-11H2,1H3,(H,18,19). The zero-order valence-electron chi connectivity index (χ0n) is 13.5. The van der Waals surface area contributed by atoms with Crippen molar-refractivity contribution in [1.82, 2.24) is 9.88 Å². The van der Waals surface area contributed by atoms with Crippen molar-refractivity contribution in [2.24, 2.45) is 5.92 Å². The third-order valence-corrected chi connectivity index (χ3v) is 4.27. The molecule has 6 heteroatoms. The van der Waals surface area contributed by atoms with Crippen molar-refractivity contribution < 1.29 is 14.3 Å². The monoisotopic (exact) mass is 317 g/mol. The summed E-state index contributed by atoms with van der Waals surface area (Å²) in [5.74, 6) is 0.653. The maximum Gasteiger partial charge on any atom is 0.340 e. The molecule has 2 heterocycles. The van der Waals surface area contributed by atoms with Gasteiger partial charge in [0, 0.05) is 25.3 Å². The summed E-state index contributed by atoms with van der Waals surface area (Å²) in [6, 6.07) is 3.96. The second kappa shape index (κ2) is 6.98. The van der Waals surface area contributed by atoms with E-state index in [-0.39, 0.29) is 12.5 Å². The quantitative estimate of drug-likeness (QED) is 0.842. The molecule has 1 atom stereocenters. The van der Waals surface area contributed by atoms with Gasteiger partial charge in [0.2, 0.25) is 0 Å². The lowest BCUT2D eigenvalue weighted by Gasteiger charge is -2.30. The number of hydrogen-bond donors (Lipinski definition) is 1. The predicted molar refractivity (Wildman–Crippen MR) is 86.1 cm³/mol. The van der Waals surface area contributed by atoms with Gasteiger partial charge in [-0.3, -0.25) is 4.79 Å². The number of carbonyl (C=O) groups is 2. The number of amides is 1. The van der Waals surface area contributed by atoms with Crippen LogP contribution in [0.1, 0.15) is 43.0 Å². The van der Waals surface area contributed by atoms with Crippen LogP contribution < -0.4 is 5.32 Å². The minimum atomic E-state index is -0.506. The number of esters is 1. The van der Waals surface area contributed by atoms with Gasteiger partial charge in [0.1, 0.15) is 5.82 Å². The van der Waals surface area contributed by atoms with Gasteiger partial charge in [-0.1, -0.05) is 6.92 Å². The van der Waals surface area contributed by atoms with Gasteiger partial charge in [0.15, 0.2) is 6.61 Å². The molecule has 1 unspecified atom stereocenters. The van der Waals surface area contributed by atoms with Crippen LogP contribution in [0.3, 0.4) is 0 Å². The molecule has 2 aliphatic rings. The Hall–Kier alpha value is -2.11. The van der Waals surface area contributed by atoms with Gasteiger partial charge >= 0.3 is 5.97 Å². The fraction of sp³-hybridized carbons (Fsp3) is 0.588. The van der Waals surface area contributed by atoms with Crippen LogP contribution in [0.15, 0.2) is 18.3 Å². The van der Waals surface area contributed by atoms with Crippen LogP contribution in [0.5, 0.6) is 0 Å². The Bertz CT molecular complexity index is 569. The molecule has 6 nitrogen and oxygen atoms in total. The van der Waals surface area contributed by atoms with Crippen molar-refractivity contribution in [3.05, 3.63) is 23.9 Å². The van der Waals surface area contributed by atoms with Gasteiger partial charge in [-0.25, -0.2) is 9.78 Å². The number of aromatic nitrogens is 1. The molecule has 1 aliphatic carbocycles. The first-order valence-corrected chi connectivity index (χ1v) is 8.29. The summed E-state index contributed by atoms with van der Waals surface area (Å²) in [6.07, 6.45) is 5.99. The normalized spacial score (nSPS) is 20.9. The number of carbonyl (C=O) groups excluding carboxylic acids is 2. The smallest absolute Gasteiger partial charge is 0.340 e. The van der Waals surface area contributed by atoms with E-state index in [0.717, 1.165) is 31.7 Å². The molecule has 1 aliphatic heterocycles. The predicted octanol–water partition coefficient (Wildman–Crippen LogP) is 2.07. The molecule has 0 radical (unpaired) electrons. The van der Waals surface area contributed by atoms with Crippen LogP contribution in [0.4, 0.5) is 5.82 Å². The van der Waals surface area contributed by atoms with E-state index in [1.807, 2.05) is 0 Å². The Balaban J connectivity index is 1.47. The van der Waals surface area contributed by atoms with Gasteiger partial charge in [-0.2, -0.15) is 0 Å². The summed E-state index contributed by atoms with van der Waals surface area (Å²) in [4.78, 5) is 30.1. The molecule has 1 amide bonds. The number of likely N-dealkylation sites (tertiary alicyclic amines) is 1. The zero-order valence-corrected chi connectivity index (χ0v) is 13.5. The van der Waals surface area contributed by atoms with Crippen LogP contribution in [0.25, 0.3) is 0 Å². The first kappa shape index (κ1) is 15.8. The summed E-state index contributed by atoms with van der Waals surface area (Å²) in [6.45, 7) is 3.44. The number of anilines is 1. The topological polar surface area (TPSA) is 71.5 Å². The van der Waals surface area contributed by atoms with Gasteiger partial charge in [0.25, 0.3) is 5.91 Å². The lowest BCUT2D eigenvalue weighted by atomic mass is 10.0. The molecule has 124 valence electrons. The Morgan fingerprint density at radius 3 is 2.83 bits per heavy atom. The maximum atomic E-state index is 12.1. The molecular formula is C17H23N3O3. The Kier molecular flexibility index (Phi) is 4.79. The fourth-order valence-corrected chi connectivity index (χ4v) is 2.75. The number of nitrogens with one attached hydrogen (secondary N) is 1. The Morgan fingerprint density at radius 2 is 2.17 bits per heavy atom. The first-order valence-electron chi connectivity index (χ1n) is 8.29. The number of hydrogen-bond acceptors (Lipinski definition) is 5. The molecule has 2 fully saturated rings. The molecule has 1 saturated heterocycles. The van der Waals surface area contributed by atoms with E-state index in [1.54, 1.807) is 17.0 Å². The van der Waals surface area contributed by atoms with Crippen LogP contribution in [0.2, 0.25) is 0 Å². The van der Waals surface area contributed by atoms with Crippen molar-refractivity contribution in [3.8, 4) is 0 Å². The number of rotatable bonds is 5. The van der Waals surface area contributed by atoms with Crippen molar-refractivity contribution in [2.75, 3.05) is 25.0 Å². The molecule has 1 aromatic rings. The highest BCUT2D eigenvalue weighted by Crippen LogP contribution is 2.23. The third kappa shape index (κ3) is 4.43. The lowest BCUT2D eigenvalue weighted by molar-refractivity contribution is -0.136. The summed E-state index contributed by atoms with van der Waals surface area (Å²) >= 11 is 0. The van der Waals surface area contributed by atoms with E-state index in [1.165, 1.54) is 19.0 Å². The summed E-state index contributed by atoms with van der Waals surface area (Å²) in [7, 11) is 0. The van der Waals surface area contributed by atoms with Crippen molar-refractivity contribution in [3.63, 3.8) is 0 Å². The molecule has 1 saturated carbocycles. The third-order valence-electron chi connectivity index (χ3n) is 4.27. The van der Waals surface area contributed by atoms with E-state index >= 15 is 0 Å². The maximum absolute atomic E-state index is 12.1. The molecule has 1 aromatic heterocycles. The molecule has 0 spiro atoms. The Labute approximate surface area is 136 Å². The number of ether oxygens (including phenoxy) is 1. The van der Waals surface area contributed by atoms with Gasteiger partial charge < -0.3 is 15.0 Å². The average Bonchev–Trinajstić information content (AvgIpc) is 3.37. The largest absolute Gasteiger partial charge is 0.452 e. The van der Waals surface area contributed by atoms with Gasteiger partial charge in [0.05, 0.1) is 5.56 Å². The van der Waals surface area contributed by atoms with E-state index in [2.05, 4.69) is 17.2 Å².